The summed E-state index contributed by atoms with van der Waals surface area (Å²) < 4.78 is 54.5. The van der Waals surface area contributed by atoms with Gasteiger partial charge in [0.25, 0.3) is 0 Å². The number of hydrogen-bond acceptors (Lipinski definition) is 5. The Morgan fingerprint density at radius 3 is 2.53 bits per heavy atom. The number of aromatic nitrogens is 4. The van der Waals surface area contributed by atoms with Gasteiger partial charge < -0.3 is 13.7 Å². The number of nitrogens with zero attached hydrogens (tertiary/aromatic N) is 4. The van der Waals surface area contributed by atoms with Crippen molar-refractivity contribution in [2.45, 2.75) is 32.1 Å². The van der Waals surface area contributed by atoms with Crippen molar-refractivity contribution in [1.82, 2.24) is 19.7 Å². The Hall–Kier alpha value is -3.59. The third-order valence-corrected chi connectivity index (χ3v) is 5.92. The molecule has 0 bridgehead atoms. The van der Waals surface area contributed by atoms with E-state index in [0.29, 0.717) is 30.9 Å². The number of alkyl halides is 1. The van der Waals surface area contributed by atoms with Gasteiger partial charge in [0.2, 0.25) is 11.8 Å². The summed E-state index contributed by atoms with van der Waals surface area (Å²) in [6.07, 6.45) is 8.83. The number of methoxy groups -OCH3 is 1. The largest absolute Gasteiger partial charge is 0.495 e. The normalized spacial score (nSPS) is 12.4. The molecule has 0 aliphatic carbocycles. The minimum atomic E-state index is -1.52. The Morgan fingerprint density at radius 1 is 1.08 bits per heavy atom. The highest BCUT2D eigenvalue weighted by Crippen LogP contribution is 2.31. The molecule has 0 radical (unpaired) electrons. The molecule has 0 saturated carbocycles. The Bertz CT molecular complexity index is 1350. The fourth-order valence-electron chi connectivity index (χ4n) is 3.84. The fraction of sp³-hybridized carbons (Fsp3) is 0.269. The molecule has 0 spiro atoms. The van der Waals surface area contributed by atoms with Crippen LogP contribution in [-0.4, -0.2) is 32.7 Å². The van der Waals surface area contributed by atoms with E-state index in [4.69, 9.17) is 20.8 Å². The summed E-state index contributed by atoms with van der Waals surface area (Å²) in [5, 5.41) is 8.13. The monoisotopic (exact) mass is 516 g/mol. The minimum absolute atomic E-state index is 0.179. The van der Waals surface area contributed by atoms with Gasteiger partial charge in [-0.25, -0.2) is 18.2 Å². The number of halogens is 4. The molecule has 0 N–H and O–H groups in total. The van der Waals surface area contributed by atoms with Gasteiger partial charge in [-0.2, -0.15) is 0 Å². The minimum Gasteiger partial charge on any atom is -0.495 e. The SMILES string of the molecule is COc1cc(/C=C/c2nnc(C(CCCCCl)c3cc(F)c(F)c(F)c3)o2)ccc1-n1cnc(C)c1. The quantitative estimate of drug-likeness (QED) is 0.133. The van der Waals surface area contributed by atoms with Gasteiger partial charge in [0.05, 0.1) is 30.7 Å². The van der Waals surface area contributed by atoms with Crippen molar-refractivity contribution in [1.29, 1.82) is 0 Å². The van der Waals surface area contributed by atoms with Crippen molar-refractivity contribution in [2.24, 2.45) is 0 Å². The summed E-state index contributed by atoms with van der Waals surface area (Å²) in [5.74, 6) is -3.17. The van der Waals surface area contributed by atoms with Crippen LogP contribution in [0.25, 0.3) is 17.8 Å². The van der Waals surface area contributed by atoms with Crippen molar-refractivity contribution in [3.05, 3.63) is 88.9 Å². The van der Waals surface area contributed by atoms with E-state index < -0.39 is 23.4 Å². The lowest BCUT2D eigenvalue weighted by Gasteiger charge is -2.14. The summed E-state index contributed by atoms with van der Waals surface area (Å²) in [5.41, 5.74) is 2.78. The number of aryl methyl sites for hydroxylation is 1. The van der Waals surface area contributed by atoms with Gasteiger partial charge in [-0.1, -0.05) is 12.5 Å². The number of benzene rings is 2. The zero-order valence-electron chi connectivity index (χ0n) is 19.7. The maximum absolute atomic E-state index is 13.9. The Labute approximate surface area is 211 Å². The summed E-state index contributed by atoms with van der Waals surface area (Å²) in [4.78, 5) is 4.24. The first-order valence-corrected chi connectivity index (χ1v) is 11.8. The second-order valence-corrected chi connectivity index (χ2v) is 8.58. The molecule has 4 rings (SSSR count). The average Bonchev–Trinajstić information content (AvgIpc) is 3.52. The van der Waals surface area contributed by atoms with Gasteiger partial charge in [0.1, 0.15) is 5.75 Å². The summed E-state index contributed by atoms with van der Waals surface area (Å²) in [6, 6.07) is 7.58. The third-order valence-electron chi connectivity index (χ3n) is 5.65. The van der Waals surface area contributed by atoms with E-state index in [1.54, 1.807) is 25.6 Å². The van der Waals surface area contributed by atoms with E-state index >= 15 is 0 Å². The van der Waals surface area contributed by atoms with Crippen LogP contribution in [0.15, 0.2) is 47.3 Å². The molecule has 0 aliphatic heterocycles. The van der Waals surface area contributed by atoms with Crippen LogP contribution in [0.3, 0.4) is 0 Å². The summed E-state index contributed by atoms with van der Waals surface area (Å²) in [7, 11) is 1.59. The number of unbranched alkanes of at least 4 members (excludes halogenated alkanes) is 1. The van der Waals surface area contributed by atoms with Gasteiger partial charge in [0.15, 0.2) is 17.5 Å². The molecular weight excluding hydrogens is 493 g/mol. The molecule has 0 aliphatic rings. The van der Waals surface area contributed by atoms with Crippen LogP contribution >= 0.6 is 11.6 Å². The van der Waals surface area contributed by atoms with Gasteiger partial charge in [-0.3, -0.25) is 0 Å². The standard InChI is InChI=1S/C26H24ClF3N4O2/c1-16-14-34(15-31-16)22-8-6-17(11-23(22)35-2)7-9-24-32-33-26(36-24)19(5-3-4-10-27)18-12-20(28)25(30)21(29)13-18/h6-9,11-15,19H,3-5,10H2,1-2H3/b9-7+. The van der Waals surface area contributed by atoms with E-state index in [-0.39, 0.29) is 17.3 Å². The number of hydrogen-bond donors (Lipinski definition) is 0. The summed E-state index contributed by atoms with van der Waals surface area (Å²) >= 11 is 5.78. The smallest absolute Gasteiger partial charge is 0.240 e. The van der Waals surface area contributed by atoms with Crippen molar-refractivity contribution in [3.63, 3.8) is 0 Å². The first-order valence-electron chi connectivity index (χ1n) is 11.3. The van der Waals surface area contributed by atoms with Crippen LogP contribution in [0.4, 0.5) is 13.2 Å². The van der Waals surface area contributed by atoms with E-state index in [0.717, 1.165) is 29.1 Å². The molecule has 2 aromatic carbocycles. The lowest BCUT2D eigenvalue weighted by molar-refractivity contribution is 0.413. The van der Waals surface area contributed by atoms with Crippen LogP contribution in [0.1, 0.15) is 53.8 Å². The van der Waals surface area contributed by atoms with Gasteiger partial charge in [-0.05, 0) is 61.2 Å². The second-order valence-electron chi connectivity index (χ2n) is 8.20. The maximum atomic E-state index is 13.9. The third kappa shape index (κ3) is 5.79. The van der Waals surface area contributed by atoms with E-state index in [1.165, 1.54) is 0 Å². The Balaban J connectivity index is 1.57. The molecule has 0 saturated heterocycles. The molecule has 10 heteroatoms. The molecule has 0 fully saturated rings. The highest BCUT2D eigenvalue weighted by molar-refractivity contribution is 6.17. The zero-order valence-corrected chi connectivity index (χ0v) is 20.5. The van der Waals surface area contributed by atoms with Gasteiger partial charge >= 0.3 is 0 Å². The van der Waals surface area contributed by atoms with Crippen molar-refractivity contribution >= 4 is 23.8 Å². The highest BCUT2D eigenvalue weighted by atomic mass is 35.5. The van der Waals surface area contributed by atoms with Crippen molar-refractivity contribution in [3.8, 4) is 11.4 Å². The van der Waals surface area contributed by atoms with Crippen molar-refractivity contribution in [2.75, 3.05) is 13.0 Å². The van der Waals surface area contributed by atoms with Crippen LogP contribution < -0.4 is 4.74 Å². The molecule has 36 heavy (non-hydrogen) atoms. The molecule has 2 heterocycles. The lowest BCUT2D eigenvalue weighted by atomic mass is 9.93. The van der Waals surface area contributed by atoms with Crippen LogP contribution in [0.5, 0.6) is 5.75 Å². The fourth-order valence-corrected chi connectivity index (χ4v) is 4.03. The Kier molecular flexibility index (Phi) is 8.10. The first-order chi connectivity index (χ1) is 17.4. The highest BCUT2D eigenvalue weighted by Gasteiger charge is 2.23. The molecule has 4 aromatic rings. The zero-order chi connectivity index (χ0) is 25.7. The van der Waals surface area contributed by atoms with Gasteiger partial charge in [0, 0.05) is 18.2 Å². The summed E-state index contributed by atoms with van der Waals surface area (Å²) in [6.45, 7) is 1.91. The number of rotatable bonds is 10. The predicted octanol–water partition coefficient (Wildman–Crippen LogP) is 6.70. The molecular formula is C26H24ClF3N4O2. The first kappa shape index (κ1) is 25.5. The van der Waals surface area contributed by atoms with E-state index in [2.05, 4.69) is 15.2 Å². The van der Waals surface area contributed by atoms with Gasteiger partial charge in [-0.15, -0.1) is 21.8 Å². The molecule has 0 amide bonds. The lowest BCUT2D eigenvalue weighted by Crippen LogP contribution is -2.05. The van der Waals surface area contributed by atoms with Crippen LogP contribution in [0, 0.1) is 24.4 Å². The molecule has 2 aromatic heterocycles. The number of ether oxygens (including phenoxy) is 1. The molecule has 188 valence electrons. The molecule has 1 atom stereocenters. The molecule has 6 nitrogen and oxygen atoms in total. The topological polar surface area (TPSA) is 66.0 Å². The molecule has 1 unspecified atom stereocenters. The van der Waals surface area contributed by atoms with Crippen molar-refractivity contribution < 1.29 is 22.3 Å². The maximum Gasteiger partial charge on any atom is 0.240 e. The Morgan fingerprint density at radius 2 is 1.86 bits per heavy atom. The predicted molar refractivity (Wildman–Crippen MR) is 131 cm³/mol. The van der Waals surface area contributed by atoms with E-state index in [1.807, 2.05) is 35.9 Å². The number of imidazole rings is 1. The van der Waals surface area contributed by atoms with Crippen LogP contribution in [-0.2, 0) is 0 Å². The van der Waals surface area contributed by atoms with Crippen LogP contribution in [0.2, 0.25) is 0 Å². The van der Waals surface area contributed by atoms with E-state index in [9.17, 15) is 13.2 Å². The average molecular weight is 517 g/mol. The second kappa shape index (κ2) is 11.4.